The molecular formula is C22H22BrNO4. The van der Waals surface area contributed by atoms with Crippen LogP contribution in [0.1, 0.15) is 41.4 Å². The third kappa shape index (κ3) is 4.12. The Labute approximate surface area is 172 Å². The van der Waals surface area contributed by atoms with Gasteiger partial charge in [-0.25, -0.2) is 9.78 Å². The van der Waals surface area contributed by atoms with E-state index in [1.807, 2.05) is 39.0 Å². The molecule has 1 heterocycles. The Morgan fingerprint density at radius 2 is 1.86 bits per heavy atom. The zero-order valence-electron chi connectivity index (χ0n) is 16.1. The van der Waals surface area contributed by atoms with Gasteiger partial charge >= 0.3 is 5.97 Å². The average Bonchev–Trinajstić information content (AvgIpc) is 2.67. The summed E-state index contributed by atoms with van der Waals surface area (Å²) in [5, 5.41) is 11.7. The quantitative estimate of drug-likeness (QED) is 0.284. The van der Waals surface area contributed by atoms with E-state index in [1.54, 1.807) is 18.2 Å². The predicted octanol–water partition coefficient (Wildman–Crippen LogP) is 6.07. The van der Waals surface area contributed by atoms with Gasteiger partial charge in [0, 0.05) is 10.8 Å². The maximum Gasteiger partial charge on any atom is 0.360 e. The number of ether oxygens (including phenoxy) is 2. The minimum Gasteiger partial charge on any atom is -0.505 e. The third-order valence-corrected chi connectivity index (χ3v) is 5.06. The molecule has 0 amide bonds. The maximum atomic E-state index is 12.2. The number of esters is 1. The van der Waals surface area contributed by atoms with Crippen LogP contribution in [0, 0.1) is 13.8 Å². The summed E-state index contributed by atoms with van der Waals surface area (Å²) < 4.78 is 11.7. The Morgan fingerprint density at radius 1 is 1.14 bits per heavy atom. The van der Waals surface area contributed by atoms with Crippen molar-refractivity contribution < 1.29 is 19.4 Å². The molecule has 0 aliphatic rings. The molecule has 0 fully saturated rings. The fourth-order valence-corrected chi connectivity index (χ4v) is 3.41. The molecule has 2 aromatic carbocycles. The second-order valence-corrected chi connectivity index (χ2v) is 7.37. The maximum absolute atomic E-state index is 12.2. The molecule has 1 aromatic heterocycles. The van der Waals surface area contributed by atoms with E-state index >= 15 is 0 Å². The number of aryl methyl sites for hydroxylation is 2. The van der Waals surface area contributed by atoms with Gasteiger partial charge in [-0.3, -0.25) is 0 Å². The number of rotatable bonds is 6. The number of aromatic hydroxyl groups is 1. The molecule has 0 aliphatic heterocycles. The van der Waals surface area contributed by atoms with Gasteiger partial charge in [0.15, 0.2) is 11.4 Å². The molecule has 28 heavy (non-hydrogen) atoms. The summed E-state index contributed by atoms with van der Waals surface area (Å²) >= 11 is 3.40. The molecule has 3 aromatic rings. The number of pyridine rings is 1. The van der Waals surface area contributed by atoms with Crippen LogP contribution in [0.4, 0.5) is 0 Å². The van der Waals surface area contributed by atoms with Crippen molar-refractivity contribution in [2.24, 2.45) is 0 Å². The van der Waals surface area contributed by atoms with Crippen LogP contribution in [-0.2, 0) is 4.74 Å². The van der Waals surface area contributed by atoms with Gasteiger partial charge in [-0.1, -0.05) is 31.5 Å². The SMILES string of the molecule is CCCCOC(=O)c1nc(Br)c2cc(Oc3c(C)cccc3C)ccc2c1O. The number of carbonyl (C=O) groups is 1. The topological polar surface area (TPSA) is 68.7 Å². The van der Waals surface area contributed by atoms with Crippen molar-refractivity contribution in [1.82, 2.24) is 4.98 Å². The van der Waals surface area contributed by atoms with E-state index < -0.39 is 5.97 Å². The summed E-state index contributed by atoms with van der Waals surface area (Å²) in [6, 6.07) is 11.2. The number of hydrogen-bond donors (Lipinski definition) is 1. The van der Waals surface area contributed by atoms with Gasteiger partial charge < -0.3 is 14.6 Å². The highest BCUT2D eigenvalue weighted by Gasteiger charge is 2.20. The van der Waals surface area contributed by atoms with Crippen LogP contribution in [0.2, 0.25) is 0 Å². The Hall–Kier alpha value is -2.60. The highest BCUT2D eigenvalue weighted by Crippen LogP contribution is 2.37. The van der Waals surface area contributed by atoms with Crippen LogP contribution < -0.4 is 4.74 Å². The van der Waals surface area contributed by atoms with Crippen LogP contribution in [0.25, 0.3) is 10.8 Å². The molecular weight excluding hydrogens is 422 g/mol. The largest absolute Gasteiger partial charge is 0.505 e. The smallest absolute Gasteiger partial charge is 0.360 e. The van der Waals surface area contributed by atoms with E-state index in [0.29, 0.717) is 27.7 Å². The van der Waals surface area contributed by atoms with Crippen LogP contribution in [-0.4, -0.2) is 22.7 Å². The Balaban J connectivity index is 1.96. The van der Waals surface area contributed by atoms with E-state index in [0.717, 1.165) is 29.7 Å². The van der Waals surface area contributed by atoms with Crippen LogP contribution in [0.15, 0.2) is 41.0 Å². The molecule has 0 saturated carbocycles. The van der Waals surface area contributed by atoms with Gasteiger partial charge in [0.25, 0.3) is 0 Å². The van der Waals surface area contributed by atoms with E-state index in [2.05, 4.69) is 20.9 Å². The number of halogens is 1. The lowest BCUT2D eigenvalue weighted by molar-refractivity contribution is 0.0489. The van der Waals surface area contributed by atoms with Crippen molar-refractivity contribution in [3.05, 3.63) is 57.8 Å². The second kappa shape index (κ2) is 8.61. The van der Waals surface area contributed by atoms with E-state index in [9.17, 15) is 9.90 Å². The summed E-state index contributed by atoms with van der Waals surface area (Å²) in [6.45, 7) is 6.29. The monoisotopic (exact) mass is 443 g/mol. The minimum absolute atomic E-state index is 0.0982. The van der Waals surface area contributed by atoms with Crippen molar-refractivity contribution in [2.45, 2.75) is 33.6 Å². The lowest BCUT2D eigenvalue weighted by Crippen LogP contribution is -2.09. The first kappa shape index (κ1) is 20.1. The van der Waals surface area contributed by atoms with Crippen LogP contribution >= 0.6 is 15.9 Å². The first-order chi connectivity index (χ1) is 13.4. The van der Waals surface area contributed by atoms with Crippen LogP contribution in [0.3, 0.4) is 0 Å². The minimum atomic E-state index is -0.635. The first-order valence-corrected chi connectivity index (χ1v) is 9.95. The molecule has 6 heteroatoms. The Kier molecular flexibility index (Phi) is 6.19. The van der Waals surface area contributed by atoms with Crippen molar-refractivity contribution in [1.29, 1.82) is 0 Å². The lowest BCUT2D eigenvalue weighted by atomic mass is 10.1. The number of benzene rings is 2. The second-order valence-electron chi connectivity index (χ2n) is 6.62. The van der Waals surface area contributed by atoms with Crippen LogP contribution in [0.5, 0.6) is 17.2 Å². The Morgan fingerprint density at radius 3 is 2.54 bits per heavy atom. The number of unbranched alkanes of at least 4 members (excludes halogenated alkanes) is 1. The molecule has 5 nitrogen and oxygen atoms in total. The van der Waals surface area contributed by atoms with Gasteiger partial charge in [0.1, 0.15) is 16.1 Å². The van der Waals surface area contributed by atoms with E-state index in [4.69, 9.17) is 9.47 Å². The highest BCUT2D eigenvalue weighted by molar-refractivity contribution is 9.10. The molecule has 0 saturated heterocycles. The number of nitrogens with zero attached hydrogens (tertiary/aromatic N) is 1. The predicted molar refractivity (Wildman–Crippen MR) is 112 cm³/mol. The number of fused-ring (bicyclic) bond motifs is 1. The van der Waals surface area contributed by atoms with E-state index in [-0.39, 0.29) is 11.4 Å². The lowest BCUT2D eigenvalue weighted by Gasteiger charge is -2.13. The van der Waals surface area contributed by atoms with Crippen molar-refractivity contribution in [3.63, 3.8) is 0 Å². The molecule has 0 bridgehead atoms. The first-order valence-electron chi connectivity index (χ1n) is 9.15. The molecule has 146 valence electrons. The third-order valence-electron chi connectivity index (χ3n) is 4.46. The molecule has 0 aliphatic carbocycles. The fraction of sp³-hybridized carbons (Fsp3) is 0.273. The van der Waals surface area contributed by atoms with Gasteiger partial charge in [0.2, 0.25) is 0 Å². The van der Waals surface area contributed by atoms with Gasteiger partial charge in [0.05, 0.1) is 6.61 Å². The van der Waals surface area contributed by atoms with Gasteiger partial charge in [-0.2, -0.15) is 0 Å². The fourth-order valence-electron chi connectivity index (χ4n) is 2.90. The molecule has 0 spiro atoms. The summed E-state index contributed by atoms with van der Waals surface area (Å²) in [5.74, 6) is 0.582. The van der Waals surface area contributed by atoms with Crippen molar-refractivity contribution in [2.75, 3.05) is 6.61 Å². The number of aromatic nitrogens is 1. The molecule has 1 N–H and O–H groups in total. The van der Waals surface area contributed by atoms with Crippen molar-refractivity contribution >= 4 is 32.7 Å². The Bertz CT molecular complexity index is 1010. The zero-order valence-corrected chi connectivity index (χ0v) is 17.7. The molecule has 0 unspecified atom stereocenters. The summed E-state index contributed by atoms with van der Waals surface area (Å²) in [6.07, 6.45) is 1.68. The van der Waals surface area contributed by atoms with Crippen molar-refractivity contribution in [3.8, 4) is 17.2 Å². The summed E-state index contributed by atoms with van der Waals surface area (Å²) in [5.41, 5.74) is 1.97. The standard InChI is InChI=1S/C22H22BrNO4/c1-4-5-11-27-22(26)18-19(25)16-10-9-15(12-17(16)21(23)24-18)28-20-13(2)7-6-8-14(20)3/h6-10,12,25H,4-5,11H2,1-3H3. The summed E-state index contributed by atoms with van der Waals surface area (Å²) in [7, 11) is 0. The number of hydrogen-bond acceptors (Lipinski definition) is 5. The number of carbonyl (C=O) groups excluding carboxylic acids is 1. The molecule has 3 rings (SSSR count). The average molecular weight is 444 g/mol. The molecule has 0 atom stereocenters. The normalized spacial score (nSPS) is 10.9. The van der Waals surface area contributed by atoms with E-state index in [1.165, 1.54) is 0 Å². The van der Waals surface area contributed by atoms with Gasteiger partial charge in [-0.15, -0.1) is 0 Å². The highest BCUT2D eigenvalue weighted by atomic mass is 79.9. The zero-order chi connectivity index (χ0) is 20.3. The summed E-state index contributed by atoms with van der Waals surface area (Å²) in [4.78, 5) is 16.4. The van der Waals surface area contributed by atoms with Gasteiger partial charge in [-0.05, 0) is 65.5 Å². The number of para-hydroxylation sites is 1. The molecule has 0 radical (unpaired) electrons.